The van der Waals surface area contributed by atoms with Crippen LogP contribution in [0.25, 0.3) is 10.8 Å². The highest BCUT2D eigenvalue weighted by Crippen LogP contribution is 2.25. The van der Waals surface area contributed by atoms with Gasteiger partial charge in [-0.15, -0.1) is 10.2 Å². The summed E-state index contributed by atoms with van der Waals surface area (Å²) in [7, 11) is 1.59. The number of hydrogen-bond acceptors (Lipinski definition) is 7. The zero-order valence-electron chi connectivity index (χ0n) is 21.6. The van der Waals surface area contributed by atoms with E-state index in [4.69, 9.17) is 4.74 Å². The molecule has 0 radical (unpaired) electrons. The van der Waals surface area contributed by atoms with Gasteiger partial charge < -0.3 is 19.9 Å². The Bertz CT molecular complexity index is 1390. The van der Waals surface area contributed by atoms with Crippen molar-refractivity contribution in [2.24, 2.45) is 0 Å². The smallest absolute Gasteiger partial charge is 0.251 e. The summed E-state index contributed by atoms with van der Waals surface area (Å²) in [6.45, 7) is 2.62. The first-order chi connectivity index (χ1) is 18.5. The number of amides is 2. The highest BCUT2D eigenvalue weighted by Gasteiger charge is 2.23. The lowest BCUT2D eigenvalue weighted by atomic mass is 10.1. The first-order valence-corrected chi connectivity index (χ1v) is 14.7. The molecule has 0 aliphatic heterocycles. The lowest BCUT2D eigenvalue weighted by molar-refractivity contribution is -0.113. The fourth-order valence-electron chi connectivity index (χ4n) is 4.04. The van der Waals surface area contributed by atoms with Gasteiger partial charge >= 0.3 is 0 Å². The molecule has 8 nitrogen and oxygen atoms in total. The molecule has 0 unspecified atom stereocenters. The van der Waals surface area contributed by atoms with Gasteiger partial charge in [0.15, 0.2) is 11.0 Å². The SMILES string of the molecule is CCn1c(SCC(=O)Nc2ccc3ccccc3c2)nnc1[C@@H](CCSC)NC(=O)c1ccc(OC)cc1. The summed E-state index contributed by atoms with van der Waals surface area (Å²) in [5.41, 5.74) is 1.30. The van der Waals surface area contributed by atoms with Crippen molar-refractivity contribution in [3.8, 4) is 5.75 Å². The van der Waals surface area contributed by atoms with Crippen LogP contribution in [0.15, 0.2) is 71.9 Å². The molecule has 38 heavy (non-hydrogen) atoms. The number of nitrogens with zero attached hydrogens (tertiary/aromatic N) is 3. The second-order valence-corrected chi connectivity index (χ2v) is 10.4. The minimum atomic E-state index is -0.315. The maximum absolute atomic E-state index is 13.0. The topological polar surface area (TPSA) is 98.1 Å². The van der Waals surface area contributed by atoms with Crippen LogP contribution in [0, 0.1) is 0 Å². The van der Waals surface area contributed by atoms with Crippen LogP contribution < -0.4 is 15.4 Å². The maximum atomic E-state index is 13.0. The fraction of sp³-hybridized carbons (Fsp3) is 0.286. The monoisotopic (exact) mass is 549 g/mol. The molecule has 1 atom stereocenters. The van der Waals surface area contributed by atoms with Gasteiger partial charge in [0.2, 0.25) is 5.91 Å². The molecule has 0 aliphatic rings. The van der Waals surface area contributed by atoms with Gasteiger partial charge in [0.25, 0.3) is 5.91 Å². The lowest BCUT2D eigenvalue weighted by Gasteiger charge is -2.19. The molecule has 3 aromatic carbocycles. The molecule has 4 rings (SSSR count). The van der Waals surface area contributed by atoms with E-state index in [9.17, 15) is 9.59 Å². The largest absolute Gasteiger partial charge is 0.497 e. The van der Waals surface area contributed by atoms with Crippen molar-refractivity contribution in [2.45, 2.75) is 31.1 Å². The Morgan fingerprint density at radius 1 is 1.03 bits per heavy atom. The first kappa shape index (κ1) is 27.5. The van der Waals surface area contributed by atoms with E-state index in [1.807, 2.05) is 60.2 Å². The van der Waals surface area contributed by atoms with Gasteiger partial charge in [-0.05, 0) is 72.5 Å². The molecule has 2 N–H and O–H groups in total. The number of benzene rings is 3. The van der Waals surface area contributed by atoms with Crippen LogP contribution in [0.1, 0.15) is 35.6 Å². The average Bonchev–Trinajstić information content (AvgIpc) is 3.36. The number of rotatable bonds is 12. The van der Waals surface area contributed by atoms with Gasteiger partial charge in [0.05, 0.1) is 18.9 Å². The maximum Gasteiger partial charge on any atom is 0.251 e. The number of methoxy groups -OCH3 is 1. The zero-order valence-corrected chi connectivity index (χ0v) is 23.3. The van der Waals surface area contributed by atoms with Crippen molar-refractivity contribution >= 4 is 51.8 Å². The number of carbonyl (C=O) groups is 2. The van der Waals surface area contributed by atoms with Crippen molar-refractivity contribution in [1.82, 2.24) is 20.1 Å². The molecule has 198 valence electrons. The summed E-state index contributed by atoms with van der Waals surface area (Å²) >= 11 is 3.03. The van der Waals surface area contributed by atoms with Crippen molar-refractivity contribution in [3.05, 3.63) is 78.1 Å². The summed E-state index contributed by atoms with van der Waals surface area (Å²) in [4.78, 5) is 25.7. The first-order valence-electron chi connectivity index (χ1n) is 12.3. The zero-order chi connectivity index (χ0) is 26.9. The number of fused-ring (bicyclic) bond motifs is 1. The Morgan fingerprint density at radius 2 is 1.79 bits per heavy atom. The molecule has 0 saturated carbocycles. The minimum absolute atomic E-state index is 0.121. The fourth-order valence-corrected chi connectivity index (χ4v) is 5.32. The summed E-state index contributed by atoms with van der Waals surface area (Å²) in [5.74, 6) is 2.11. The van der Waals surface area contributed by atoms with Crippen LogP contribution >= 0.6 is 23.5 Å². The van der Waals surface area contributed by atoms with Crippen molar-refractivity contribution in [3.63, 3.8) is 0 Å². The van der Waals surface area contributed by atoms with E-state index in [1.54, 1.807) is 43.1 Å². The number of anilines is 1. The summed E-state index contributed by atoms with van der Waals surface area (Å²) in [6.07, 6.45) is 2.73. The lowest BCUT2D eigenvalue weighted by Crippen LogP contribution is -2.31. The van der Waals surface area contributed by atoms with Crippen LogP contribution in [0.4, 0.5) is 5.69 Å². The number of ether oxygens (including phenoxy) is 1. The number of aromatic nitrogens is 3. The molecular weight excluding hydrogens is 518 g/mol. The summed E-state index contributed by atoms with van der Waals surface area (Å²) < 4.78 is 7.15. The highest BCUT2D eigenvalue weighted by molar-refractivity contribution is 7.99. The summed E-state index contributed by atoms with van der Waals surface area (Å²) in [5, 5.41) is 17.7. The van der Waals surface area contributed by atoms with Gasteiger partial charge in [-0.3, -0.25) is 9.59 Å². The van der Waals surface area contributed by atoms with E-state index in [-0.39, 0.29) is 23.6 Å². The third kappa shape index (κ3) is 6.87. The van der Waals surface area contributed by atoms with Crippen molar-refractivity contribution in [1.29, 1.82) is 0 Å². The molecule has 0 aliphatic carbocycles. The van der Waals surface area contributed by atoms with E-state index in [2.05, 4.69) is 20.8 Å². The van der Waals surface area contributed by atoms with E-state index >= 15 is 0 Å². The predicted molar refractivity (Wildman–Crippen MR) is 155 cm³/mol. The number of thioether (sulfide) groups is 2. The van der Waals surface area contributed by atoms with Crippen LogP contribution in [-0.2, 0) is 11.3 Å². The van der Waals surface area contributed by atoms with E-state index in [1.165, 1.54) is 11.8 Å². The predicted octanol–water partition coefficient (Wildman–Crippen LogP) is 5.41. The number of carbonyl (C=O) groups excluding carboxylic acids is 2. The third-order valence-electron chi connectivity index (χ3n) is 6.01. The minimum Gasteiger partial charge on any atom is -0.497 e. The van der Waals surface area contributed by atoms with Crippen LogP contribution in [0.2, 0.25) is 0 Å². The van der Waals surface area contributed by atoms with Gasteiger partial charge in [0, 0.05) is 17.8 Å². The van der Waals surface area contributed by atoms with Crippen LogP contribution in [-0.4, -0.2) is 51.5 Å². The molecular formula is C28H31N5O3S2. The van der Waals surface area contributed by atoms with Crippen LogP contribution in [0.3, 0.4) is 0 Å². The Balaban J connectivity index is 1.43. The second-order valence-electron chi connectivity index (χ2n) is 8.52. The van der Waals surface area contributed by atoms with E-state index in [0.717, 1.165) is 22.2 Å². The Kier molecular flexibility index (Phi) is 9.67. The molecule has 2 amide bonds. The number of hydrogen-bond donors (Lipinski definition) is 2. The molecule has 0 fully saturated rings. The molecule has 1 aromatic heterocycles. The third-order valence-corrected chi connectivity index (χ3v) is 7.62. The Hall–Kier alpha value is -3.50. The van der Waals surface area contributed by atoms with Crippen molar-refractivity contribution in [2.75, 3.05) is 30.2 Å². The van der Waals surface area contributed by atoms with E-state index < -0.39 is 0 Å². The quantitative estimate of drug-likeness (QED) is 0.228. The molecule has 0 spiro atoms. The van der Waals surface area contributed by atoms with E-state index in [0.29, 0.717) is 35.3 Å². The second kappa shape index (κ2) is 13.3. The Morgan fingerprint density at radius 3 is 2.50 bits per heavy atom. The molecule has 0 saturated heterocycles. The van der Waals surface area contributed by atoms with Gasteiger partial charge in [-0.2, -0.15) is 11.8 Å². The van der Waals surface area contributed by atoms with Crippen molar-refractivity contribution < 1.29 is 14.3 Å². The highest BCUT2D eigenvalue weighted by atomic mass is 32.2. The standard InChI is InChI=1S/C28H31N5O3S2/c1-4-33-26(24(15-16-37-3)30-27(35)20-10-13-23(36-2)14-11-20)31-32-28(33)38-18-25(34)29-22-12-9-19-7-5-6-8-21(19)17-22/h5-14,17,24H,4,15-16,18H2,1-3H3,(H,29,34)(H,30,35)/t24-/m1/s1. The normalized spacial score (nSPS) is 11.8. The Labute approximate surface area is 230 Å². The summed E-state index contributed by atoms with van der Waals surface area (Å²) in [6, 6.07) is 20.6. The number of nitrogens with one attached hydrogen (secondary N) is 2. The molecule has 10 heteroatoms. The van der Waals surface area contributed by atoms with Crippen LogP contribution in [0.5, 0.6) is 5.75 Å². The molecule has 0 bridgehead atoms. The van der Waals surface area contributed by atoms with Gasteiger partial charge in [0.1, 0.15) is 5.75 Å². The molecule has 1 heterocycles. The van der Waals surface area contributed by atoms with Gasteiger partial charge in [-0.25, -0.2) is 0 Å². The molecule has 4 aromatic rings. The average molecular weight is 550 g/mol. The van der Waals surface area contributed by atoms with Gasteiger partial charge in [-0.1, -0.05) is 42.1 Å².